The van der Waals surface area contributed by atoms with Crippen LogP contribution in [-0.2, 0) is 0 Å². The average molecular weight is 279 g/mol. The van der Waals surface area contributed by atoms with Crippen molar-refractivity contribution in [2.45, 2.75) is 18.9 Å². The van der Waals surface area contributed by atoms with Crippen LogP contribution in [0, 0.1) is 0 Å². The largest absolute Gasteiger partial charge is 0.505 e. The Balaban J connectivity index is 2.08. The number of amides is 2. The van der Waals surface area contributed by atoms with Crippen LogP contribution in [0.2, 0.25) is 0 Å². The van der Waals surface area contributed by atoms with Crippen LogP contribution in [0.25, 0.3) is 0 Å². The molecular formula is C13H17N3O4. The first-order valence-corrected chi connectivity index (χ1v) is 6.36. The molecule has 0 spiro atoms. The van der Waals surface area contributed by atoms with Crippen LogP contribution in [0.3, 0.4) is 0 Å². The monoisotopic (exact) mass is 279 g/mol. The maximum atomic E-state index is 12.0. The number of para-hydroxylation sites is 1. The van der Waals surface area contributed by atoms with Crippen molar-refractivity contribution in [3.05, 3.63) is 23.8 Å². The number of anilines is 1. The third kappa shape index (κ3) is 3.00. The lowest BCUT2D eigenvalue weighted by atomic mass is 10.1. The van der Waals surface area contributed by atoms with Crippen molar-refractivity contribution in [3.63, 3.8) is 0 Å². The molecule has 1 aromatic rings. The van der Waals surface area contributed by atoms with E-state index in [0.29, 0.717) is 13.1 Å². The molecule has 1 fully saturated rings. The highest BCUT2D eigenvalue weighted by molar-refractivity contribution is 5.97. The summed E-state index contributed by atoms with van der Waals surface area (Å²) in [6, 6.07) is 3.94. The summed E-state index contributed by atoms with van der Waals surface area (Å²) in [4.78, 5) is 24.5. The lowest BCUT2D eigenvalue weighted by molar-refractivity contribution is 0.0693. The van der Waals surface area contributed by atoms with Crippen molar-refractivity contribution >= 4 is 17.7 Å². The minimum atomic E-state index is -1.25. The molecule has 1 heterocycles. The molecule has 2 rings (SSSR count). The highest BCUT2D eigenvalue weighted by Gasteiger charge is 2.22. The smallest absolute Gasteiger partial charge is 0.339 e. The lowest BCUT2D eigenvalue weighted by Crippen LogP contribution is -2.44. The fourth-order valence-corrected chi connectivity index (χ4v) is 2.11. The predicted octanol–water partition coefficient (Wildman–Crippen LogP) is 1.05. The van der Waals surface area contributed by atoms with E-state index in [-0.39, 0.29) is 23.3 Å². The number of aromatic hydroxyl groups is 1. The topological polar surface area (TPSA) is 116 Å². The second-order valence-corrected chi connectivity index (χ2v) is 4.76. The van der Waals surface area contributed by atoms with Crippen molar-refractivity contribution in [2.24, 2.45) is 5.73 Å². The standard InChI is InChI=1S/C13H17N3O4/c14-8-4-6-16(7-5-8)13(20)15-10-3-1-2-9(11(10)17)12(18)19/h1-3,8,17H,4-7,14H2,(H,15,20)(H,18,19). The minimum absolute atomic E-state index is 0.0878. The average Bonchev–Trinajstić information content (AvgIpc) is 2.41. The maximum absolute atomic E-state index is 12.0. The number of nitrogens with zero attached hydrogens (tertiary/aromatic N) is 1. The fraction of sp³-hybridized carbons (Fsp3) is 0.385. The molecule has 1 aromatic carbocycles. The summed E-state index contributed by atoms with van der Waals surface area (Å²) in [6.45, 7) is 1.10. The van der Waals surface area contributed by atoms with Gasteiger partial charge in [-0.2, -0.15) is 0 Å². The van der Waals surface area contributed by atoms with Crippen LogP contribution in [0.4, 0.5) is 10.5 Å². The zero-order valence-electron chi connectivity index (χ0n) is 10.9. The Morgan fingerprint density at radius 3 is 2.55 bits per heavy atom. The van der Waals surface area contributed by atoms with Gasteiger partial charge in [0.2, 0.25) is 0 Å². The first-order valence-electron chi connectivity index (χ1n) is 6.36. The summed E-state index contributed by atoms with van der Waals surface area (Å²) in [5.74, 6) is -1.69. The molecule has 7 nitrogen and oxygen atoms in total. The number of phenols is 1. The van der Waals surface area contributed by atoms with E-state index in [2.05, 4.69) is 5.32 Å². The summed E-state index contributed by atoms with van der Waals surface area (Å²) < 4.78 is 0. The van der Waals surface area contributed by atoms with Gasteiger partial charge in [-0.3, -0.25) is 0 Å². The second-order valence-electron chi connectivity index (χ2n) is 4.76. The van der Waals surface area contributed by atoms with Crippen LogP contribution in [0.5, 0.6) is 5.75 Å². The van der Waals surface area contributed by atoms with Crippen LogP contribution in [-0.4, -0.2) is 46.2 Å². The summed E-state index contributed by atoms with van der Waals surface area (Å²) in [7, 11) is 0. The molecule has 108 valence electrons. The number of carboxylic acid groups (broad SMARTS) is 1. The van der Waals surface area contributed by atoms with Gasteiger partial charge in [0.25, 0.3) is 0 Å². The molecule has 20 heavy (non-hydrogen) atoms. The van der Waals surface area contributed by atoms with Crippen molar-refractivity contribution in [2.75, 3.05) is 18.4 Å². The quantitative estimate of drug-likeness (QED) is 0.604. The number of nitrogens with two attached hydrogens (primary N) is 1. The molecule has 1 aliphatic rings. The fourth-order valence-electron chi connectivity index (χ4n) is 2.11. The van der Waals surface area contributed by atoms with E-state index in [4.69, 9.17) is 10.8 Å². The molecular weight excluding hydrogens is 262 g/mol. The third-order valence-corrected chi connectivity index (χ3v) is 3.33. The van der Waals surface area contributed by atoms with Crippen molar-refractivity contribution in [1.29, 1.82) is 0 Å². The van der Waals surface area contributed by atoms with E-state index in [1.807, 2.05) is 0 Å². The number of carbonyl (C=O) groups is 2. The van der Waals surface area contributed by atoms with Gasteiger partial charge in [0.15, 0.2) is 5.75 Å². The number of carboxylic acids is 1. The molecule has 0 bridgehead atoms. The van der Waals surface area contributed by atoms with E-state index in [9.17, 15) is 14.7 Å². The van der Waals surface area contributed by atoms with Crippen molar-refractivity contribution in [1.82, 2.24) is 4.90 Å². The molecule has 1 aliphatic heterocycles. The van der Waals surface area contributed by atoms with Crippen molar-refractivity contribution in [3.8, 4) is 5.75 Å². The van der Waals surface area contributed by atoms with Gasteiger partial charge < -0.3 is 26.2 Å². The van der Waals surface area contributed by atoms with Gasteiger partial charge in [0.05, 0.1) is 5.69 Å². The SMILES string of the molecule is NC1CCN(C(=O)Nc2cccc(C(=O)O)c2O)CC1. The summed E-state index contributed by atoms with van der Waals surface area (Å²) in [5.41, 5.74) is 5.60. The van der Waals surface area contributed by atoms with Crippen LogP contribution in [0.15, 0.2) is 18.2 Å². The molecule has 0 atom stereocenters. The number of carbonyl (C=O) groups excluding carboxylic acids is 1. The summed E-state index contributed by atoms with van der Waals surface area (Å²) >= 11 is 0. The Hall–Kier alpha value is -2.28. The van der Waals surface area contributed by atoms with Gasteiger partial charge in [-0.15, -0.1) is 0 Å². The highest BCUT2D eigenvalue weighted by atomic mass is 16.4. The Kier molecular flexibility index (Phi) is 4.09. The molecule has 0 saturated carbocycles. The summed E-state index contributed by atoms with van der Waals surface area (Å²) in [5, 5.41) is 21.2. The molecule has 0 aromatic heterocycles. The lowest BCUT2D eigenvalue weighted by Gasteiger charge is -2.30. The zero-order chi connectivity index (χ0) is 14.7. The van der Waals surface area contributed by atoms with Gasteiger partial charge >= 0.3 is 12.0 Å². The normalized spacial score (nSPS) is 15.9. The van der Waals surface area contributed by atoms with Gasteiger partial charge in [0, 0.05) is 19.1 Å². The molecule has 1 saturated heterocycles. The van der Waals surface area contributed by atoms with Crippen LogP contribution in [0.1, 0.15) is 23.2 Å². The number of benzene rings is 1. The van der Waals surface area contributed by atoms with Crippen LogP contribution < -0.4 is 11.1 Å². The maximum Gasteiger partial charge on any atom is 0.339 e. The molecule has 0 unspecified atom stereocenters. The molecule has 7 heteroatoms. The zero-order valence-corrected chi connectivity index (χ0v) is 10.9. The number of rotatable bonds is 2. The Morgan fingerprint density at radius 2 is 1.95 bits per heavy atom. The van der Waals surface area contributed by atoms with Crippen molar-refractivity contribution < 1.29 is 19.8 Å². The van der Waals surface area contributed by atoms with E-state index < -0.39 is 11.7 Å². The molecule has 5 N–H and O–H groups in total. The van der Waals surface area contributed by atoms with Gasteiger partial charge in [-0.1, -0.05) is 6.07 Å². The van der Waals surface area contributed by atoms with Gasteiger partial charge in [-0.05, 0) is 25.0 Å². The number of urea groups is 1. The van der Waals surface area contributed by atoms with E-state index in [1.165, 1.54) is 18.2 Å². The van der Waals surface area contributed by atoms with Crippen LogP contribution >= 0.6 is 0 Å². The summed E-state index contributed by atoms with van der Waals surface area (Å²) in [6.07, 6.45) is 1.46. The number of piperidine rings is 1. The number of aromatic carboxylic acids is 1. The molecule has 0 radical (unpaired) electrons. The number of hydrogen-bond donors (Lipinski definition) is 4. The first kappa shape index (κ1) is 14.1. The number of likely N-dealkylation sites (tertiary alicyclic amines) is 1. The Bertz CT molecular complexity index is 524. The van der Waals surface area contributed by atoms with E-state index in [0.717, 1.165) is 12.8 Å². The Morgan fingerprint density at radius 1 is 1.30 bits per heavy atom. The molecule has 2 amide bonds. The van der Waals surface area contributed by atoms with E-state index >= 15 is 0 Å². The predicted molar refractivity (Wildman–Crippen MR) is 72.9 cm³/mol. The third-order valence-electron chi connectivity index (χ3n) is 3.33. The second kappa shape index (κ2) is 5.79. The number of hydrogen-bond acceptors (Lipinski definition) is 4. The van der Waals surface area contributed by atoms with E-state index in [1.54, 1.807) is 4.90 Å². The Labute approximate surface area is 116 Å². The minimum Gasteiger partial charge on any atom is -0.505 e. The van der Waals surface area contributed by atoms with Gasteiger partial charge in [0.1, 0.15) is 5.56 Å². The van der Waals surface area contributed by atoms with Gasteiger partial charge in [-0.25, -0.2) is 9.59 Å². The first-order chi connectivity index (χ1) is 9.49. The molecule has 0 aliphatic carbocycles. The highest BCUT2D eigenvalue weighted by Crippen LogP contribution is 2.27. The number of nitrogens with one attached hydrogen (secondary N) is 1.